The molecule has 2 rings (SSSR count). The summed E-state index contributed by atoms with van der Waals surface area (Å²) in [5.74, 6) is 7.94. The lowest BCUT2D eigenvalue weighted by Gasteiger charge is -2.11. The molecule has 0 atom stereocenters. The van der Waals surface area contributed by atoms with Crippen molar-refractivity contribution in [1.82, 2.24) is 9.97 Å². The van der Waals surface area contributed by atoms with E-state index in [9.17, 15) is 0 Å². The molecule has 0 saturated carbocycles. The van der Waals surface area contributed by atoms with Crippen molar-refractivity contribution in [2.75, 3.05) is 5.43 Å². The van der Waals surface area contributed by atoms with Crippen molar-refractivity contribution in [1.29, 1.82) is 0 Å². The third kappa shape index (κ3) is 3.83. The molecule has 0 radical (unpaired) electrons. The van der Waals surface area contributed by atoms with E-state index in [0.29, 0.717) is 23.3 Å². The number of nitrogens with one attached hydrogen (secondary N) is 1. The number of nitrogen functional groups attached to an aromatic ring is 1. The van der Waals surface area contributed by atoms with Crippen molar-refractivity contribution >= 4 is 17.4 Å². The molecule has 1 aromatic heterocycles. The van der Waals surface area contributed by atoms with Gasteiger partial charge in [0.15, 0.2) is 0 Å². The van der Waals surface area contributed by atoms with Crippen molar-refractivity contribution in [2.24, 2.45) is 5.84 Å². The summed E-state index contributed by atoms with van der Waals surface area (Å²) in [6.07, 6.45) is 0.840. The predicted molar refractivity (Wildman–Crippen MR) is 84.8 cm³/mol. The van der Waals surface area contributed by atoms with Gasteiger partial charge in [0.05, 0.1) is 0 Å². The summed E-state index contributed by atoms with van der Waals surface area (Å²) in [6, 6.07) is 7.21. The van der Waals surface area contributed by atoms with Crippen LogP contribution in [0.5, 0.6) is 11.6 Å². The highest BCUT2D eigenvalue weighted by atomic mass is 35.5. The maximum Gasteiger partial charge on any atom is 0.224 e. The van der Waals surface area contributed by atoms with Crippen LogP contribution in [-0.4, -0.2) is 9.97 Å². The van der Waals surface area contributed by atoms with E-state index in [1.807, 2.05) is 39.0 Å². The molecule has 0 aliphatic carbocycles. The van der Waals surface area contributed by atoms with Gasteiger partial charge in [0.25, 0.3) is 0 Å². The normalized spacial score (nSPS) is 10.8. The van der Waals surface area contributed by atoms with Crippen molar-refractivity contribution in [3.63, 3.8) is 0 Å². The number of anilines is 1. The number of nitrogens with zero attached hydrogens (tertiary/aromatic N) is 2. The third-order valence-electron chi connectivity index (χ3n) is 3.00. The smallest absolute Gasteiger partial charge is 0.224 e. The van der Waals surface area contributed by atoms with Crippen LogP contribution in [0.1, 0.15) is 38.1 Å². The SMILES string of the molecule is CCc1cc(Oc2cc(NN)nc(C(C)C)n2)ccc1Cl. The second kappa shape index (κ2) is 6.74. The summed E-state index contributed by atoms with van der Waals surface area (Å²) in [6.45, 7) is 6.07. The molecule has 21 heavy (non-hydrogen) atoms. The summed E-state index contributed by atoms with van der Waals surface area (Å²) in [4.78, 5) is 8.68. The lowest BCUT2D eigenvalue weighted by Crippen LogP contribution is -2.11. The van der Waals surface area contributed by atoms with Gasteiger partial charge in [-0.15, -0.1) is 0 Å². The second-order valence-electron chi connectivity index (χ2n) is 4.96. The largest absolute Gasteiger partial charge is 0.439 e. The fourth-order valence-electron chi connectivity index (χ4n) is 1.83. The minimum Gasteiger partial charge on any atom is -0.439 e. The first-order valence-corrected chi connectivity index (χ1v) is 7.23. The molecule has 0 bridgehead atoms. The summed E-state index contributed by atoms with van der Waals surface area (Å²) in [5.41, 5.74) is 3.56. The zero-order chi connectivity index (χ0) is 15.4. The van der Waals surface area contributed by atoms with E-state index in [1.165, 1.54) is 0 Å². The Kier molecular flexibility index (Phi) is 4.98. The monoisotopic (exact) mass is 306 g/mol. The van der Waals surface area contributed by atoms with Crippen LogP contribution in [0.15, 0.2) is 24.3 Å². The molecule has 6 heteroatoms. The first kappa shape index (κ1) is 15.5. The molecule has 1 aromatic carbocycles. The van der Waals surface area contributed by atoms with Gasteiger partial charge in [0, 0.05) is 17.0 Å². The molecule has 1 heterocycles. The second-order valence-corrected chi connectivity index (χ2v) is 5.36. The summed E-state index contributed by atoms with van der Waals surface area (Å²) < 4.78 is 5.80. The fourth-order valence-corrected chi connectivity index (χ4v) is 2.08. The first-order chi connectivity index (χ1) is 10.0. The van der Waals surface area contributed by atoms with Gasteiger partial charge >= 0.3 is 0 Å². The Hall–Kier alpha value is -1.85. The van der Waals surface area contributed by atoms with Crippen LogP contribution >= 0.6 is 11.6 Å². The maximum atomic E-state index is 6.11. The van der Waals surface area contributed by atoms with E-state index in [0.717, 1.165) is 17.0 Å². The maximum absolute atomic E-state index is 6.11. The molecule has 3 N–H and O–H groups in total. The Morgan fingerprint density at radius 2 is 2.05 bits per heavy atom. The molecule has 0 saturated heterocycles. The summed E-state index contributed by atoms with van der Waals surface area (Å²) in [5, 5.41) is 0.736. The molecule has 0 spiro atoms. The topological polar surface area (TPSA) is 73.1 Å². The van der Waals surface area contributed by atoms with Gasteiger partial charge < -0.3 is 10.2 Å². The van der Waals surface area contributed by atoms with E-state index < -0.39 is 0 Å². The molecule has 112 valence electrons. The van der Waals surface area contributed by atoms with Crippen LogP contribution in [0.3, 0.4) is 0 Å². The van der Waals surface area contributed by atoms with Crippen molar-refractivity contribution < 1.29 is 4.74 Å². The molecular formula is C15H19ClN4O. The number of nitrogens with two attached hydrogens (primary N) is 1. The highest BCUT2D eigenvalue weighted by Crippen LogP contribution is 2.27. The van der Waals surface area contributed by atoms with Gasteiger partial charge in [-0.05, 0) is 30.2 Å². The summed E-state index contributed by atoms with van der Waals surface area (Å²) in [7, 11) is 0. The van der Waals surface area contributed by atoms with Crippen LogP contribution in [0, 0.1) is 0 Å². The van der Waals surface area contributed by atoms with Gasteiger partial charge in [-0.1, -0.05) is 32.4 Å². The van der Waals surface area contributed by atoms with Gasteiger partial charge in [0.1, 0.15) is 17.4 Å². The fraction of sp³-hybridized carbons (Fsp3) is 0.333. The highest BCUT2D eigenvalue weighted by molar-refractivity contribution is 6.31. The van der Waals surface area contributed by atoms with E-state index in [4.69, 9.17) is 22.2 Å². The molecule has 5 nitrogen and oxygen atoms in total. The quantitative estimate of drug-likeness (QED) is 0.647. The average Bonchev–Trinajstić information content (AvgIpc) is 2.48. The third-order valence-corrected chi connectivity index (χ3v) is 3.37. The molecule has 2 aromatic rings. The zero-order valence-corrected chi connectivity index (χ0v) is 13.1. The number of hydrazine groups is 1. The first-order valence-electron chi connectivity index (χ1n) is 6.85. The molecule has 0 aliphatic rings. The van der Waals surface area contributed by atoms with E-state index in [-0.39, 0.29) is 5.92 Å². The molecule has 0 amide bonds. The van der Waals surface area contributed by atoms with E-state index in [2.05, 4.69) is 15.4 Å². The van der Waals surface area contributed by atoms with Crippen LogP contribution < -0.4 is 16.0 Å². The number of benzene rings is 1. The van der Waals surface area contributed by atoms with Crippen molar-refractivity contribution in [3.8, 4) is 11.6 Å². The average molecular weight is 307 g/mol. The Morgan fingerprint density at radius 3 is 2.67 bits per heavy atom. The van der Waals surface area contributed by atoms with Crippen molar-refractivity contribution in [3.05, 3.63) is 40.7 Å². The molecule has 0 fully saturated rings. The lowest BCUT2D eigenvalue weighted by molar-refractivity contribution is 0.457. The Labute approximate surface area is 129 Å². The zero-order valence-electron chi connectivity index (χ0n) is 12.4. The highest BCUT2D eigenvalue weighted by Gasteiger charge is 2.10. The van der Waals surface area contributed by atoms with Crippen LogP contribution in [0.4, 0.5) is 5.82 Å². The van der Waals surface area contributed by atoms with E-state index in [1.54, 1.807) is 6.07 Å². The number of halogens is 1. The molecular weight excluding hydrogens is 288 g/mol. The predicted octanol–water partition coefficient (Wildman–Crippen LogP) is 3.89. The number of hydrogen-bond donors (Lipinski definition) is 2. The molecule has 0 aliphatic heterocycles. The van der Waals surface area contributed by atoms with Crippen LogP contribution in [0.2, 0.25) is 5.02 Å². The number of rotatable bonds is 5. The van der Waals surface area contributed by atoms with Gasteiger partial charge in [0.2, 0.25) is 5.88 Å². The Morgan fingerprint density at radius 1 is 1.29 bits per heavy atom. The van der Waals surface area contributed by atoms with Crippen LogP contribution in [0.25, 0.3) is 0 Å². The lowest BCUT2D eigenvalue weighted by atomic mass is 10.1. The van der Waals surface area contributed by atoms with Gasteiger partial charge in [-0.25, -0.2) is 10.8 Å². The number of aromatic nitrogens is 2. The van der Waals surface area contributed by atoms with Crippen LogP contribution in [-0.2, 0) is 6.42 Å². The standard InChI is InChI=1S/C15H19ClN4O/c1-4-10-7-11(5-6-12(10)16)21-14-8-13(20-17)18-15(19-14)9(2)3/h5-9H,4,17H2,1-3H3,(H,18,19,20). The Bertz CT molecular complexity index is 631. The van der Waals surface area contributed by atoms with Gasteiger partial charge in [-0.2, -0.15) is 4.98 Å². The van der Waals surface area contributed by atoms with E-state index >= 15 is 0 Å². The van der Waals surface area contributed by atoms with Gasteiger partial charge in [-0.3, -0.25) is 0 Å². The molecule has 0 unspecified atom stereocenters. The minimum absolute atomic E-state index is 0.178. The number of aryl methyl sites for hydroxylation is 1. The van der Waals surface area contributed by atoms with Crippen molar-refractivity contribution in [2.45, 2.75) is 33.1 Å². The Balaban J connectivity index is 2.32. The number of ether oxygens (including phenoxy) is 1. The summed E-state index contributed by atoms with van der Waals surface area (Å²) >= 11 is 6.11. The number of hydrogen-bond acceptors (Lipinski definition) is 5. The minimum atomic E-state index is 0.178.